The van der Waals surface area contributed by atoms with Crippen molar-refractivity contribution in [2.75, 3.05) is 6.61 Å². The van der Waals surface area contributed by atoms with Crippen LogP contribution in [0.3, 0.4) is 0 Å². The Bertz CT molecular complexity index is 386. The zero-order valence-corrected chi connectivity index (χ0v) is 11.4. The van der Waals surface area contributed by atoms with E-state index in [2.05, 4.69) is 37.5 Å². The normalized spacial score (nSPS) is 21.8. The number of nitrogens with one attached hydrogen (secondary N) is 1. The molecule has 18 heavy (non-hydrogen) atoms. The molecule has 100 valence electrons. The largest absolute Gasteiger partial charge is 0.378 e. The van der Waals surface area contributed by atoms with Gasteiger partial charge >= 0.3 is 0 Å². The minimum Gasteiger partial charge on any atom is -0.378 e. The van der Waals surface area contributed by atoms with Gasteiger partial charge in [-0.2, -0.15) is 0 Å². The number of hydrogen-bond acceptors (Lipinski definition) is 3. The molecule has 0 aromatic heterocycles. The Morgan fingerprint density at radius 3 is 2.78 bits per heavy atom. The predicted octanol–water partition coefficient (Wildman–Crippen LogP) is 2.77. The summed E-state index contributed by atoms with van der Waals surface area (Å²) in [5.74, 6) is 5.70. The van der Waals surface area contributed by atoms with Gasteiger partial charge in [-0.25, -0.2) is 0 Å². The van der Waals surface area contributed by atoms with Crippen molar-refractivity contribution in [3.8, 4) is 0 Å². The molecule has 1 fully saturated rings. The van der Waals surface area contributed by atoms with Crippen molar-refractivity contribution in [1.29, 1.82) is 0 Å². The molecule has 2 atom stereocenters. The summed E-state index contributed by atoms with van der Waals surface area (Å²) < 4.78 is 5.79. The Balaban J connectivity index is 2.04. The lowest BCUT2D eigenvalue weighted by molar-refractivity contribution is 0.00502. The SMILES string of the molecule is Cc1ccc(C(CC2CCCCO2)NN)cc1C. The molecule has 1 aliphatic rings. The van der Waals surface area contributed by atoms with Gasteiger partial charge in [-0.3, -0.25) is 11.3 Å². The van der Waals surface area contributed by atoms with Crippen LogP contribution in [0, 0.1) is 13.8 Å². The van der Waals surface area contributed by atoms with E-state index in [1.54, 1.807) is 0 Å². The van der Waals surface area contributed by atoms with E-state index >= 15 is 0 Å². The van der Waals surface area contributed by atoms with Gasteiger partial charge in [0.2, 0.25) is 0 Å². The summed E-state index contributed by atoms with van der Waals surface area (Å²) in [6, 6.07) is 6.74. The monoisotopic (exact) mass is 248 g/mol. The lowest BCUT2D eigenvalue weighted by atomic mass is 9.95. The van der Waals surface area contributed by atoms with Crippen LogP contribution in [0.25, 0.3) is 0 Å². The smallest absolute Gasteiger partial charge is 0.0593 e. The minimum atomic E-state index is 0.187. The van der Waals surface area contributed by atoms with Crippen LogP contribution >= 0.6 is 0 Å². The fraction of sp³-hybridized carbons (Fsp3) is 0.600. The number of benzene rings is 1. The fourth-order valence-electron chi connectivity index (χ4n) is 2.54. The molecular formula is C15H24N2O. The average Bonchev–Trinajstić information content (AvgIpc) is 2.40. The maximum atomic E-state index is 5.79. The van der Waals surface area contributed by atoms with Crippen molar-refractivity contribution in [2.24, 2.45) is 5.84 Å². The van der Waals surface area contributed by atoms with Gasteiger partial charge in [-0.15, -0.1) is 0 Å². The van der Waals surface area contributed by atoms with Crippen LogP contribution in [0.1, 0.15) is 48.4 Å². The van der Waals surface area contributed by atoms with Crippen LogP contribution < -0.4 is 11.3 Å². The highest BCUT2D eigenvalue weighted by Crippen LogP contribution is 2.25. The Hall–Kier alpha value is -0.900. The Kier molecular flexibility index (Phi) is 4.75. The number of rotatable bonds is 4. The van der Waals surface area contributed by atoms with Gasteiger partial charge in [0.1, 0.15) is 0 Å². The van der Waals surface area contributed by atoms with Crippen molar-refractivity contribution < 1.29 is 4.74 Å². The highest BCUT2D eigenvalue weighted by atomic mass is 16.5. The van der Waals surface area contributed by atoms with Gasteiger partial charge in [0.25, 0.3) is 0 Å². The van der Waals surface area contributed by atoms with Crippen LogP contribution in [0.15, 0.2) is 18.2 Å². The topological polar surface area (TPSA) is 47.3 Å². The van der Waals surface area contributed by atoms with Crippen LogP contribution in [-0.2, 0) is 4.74 Å². The summed E-state index contributed by atoms with van der Waals surface area (Å²) in [6.07, 6.45) is 4.93. The number of aryl methyl sites for hydroxylation is 2. The molecule has 0 radical (unpaired) electrons. The molecule has 1 aromatic carbocycles. The molecule has 0 amide bonds. The van der Waals surface area contributed by atoms with E-state index in [-0.39, 0.29) is 6.04 Å². The first-order valence-corrected chi connectivity index (χ1v) is 6.85. The first-order valence-electron chi connectivity index (χ1n) is 6.85. The molecule has 3 nitrogen and oxygen atoms in total. The van der Waals surface area contributed by atoms with E-state index in [9.17, 15) is 0 Å². The first kappa shape index (κ1) is 13.5. The molecule has 1 saturated heterocycles. The Labute approximate surface area is 110 Å². The molecule has 0 spiro atoms. The number of hydrogen-bond donors (Lipinski definition) is 2. The van der Waals surface area contributed by atoms with Crippen LogP contribution in [0.5, 0.6) is 0 Å². The second-order valence-corrected chi connectivity index (χ2v) is 5.29. The van der Waals surface area contributed by atoms with Crippen LogP contribution in [0.4, 0.5) is 0 Å². The van der Waals surface area contributed by atoms with Gasteiger partial charge in [-0.1, -0.05) is 18.2 Å². The Morgan fingerprint density at radius 1 is 1.33 bits per heavy atom. The molecule has 3 heteroatoms. The van der Waals surface area contributed by atoms with Gasteiger partial charge in [-0.05, 0) is 56.2 Å². The lowest BCUT2D eigenvalue weighted by Crippen LogP contribution is -2.32. The fourth-order valence-corrected chi connectivity index (χ4v) is 2.54. The quantitative estimate of drug-likeness (QED) is 0.636. The highest BCUT2D eigenvalue weighted by molar-refractivity contribution is 5.31. The zero-order valence-electron chi connectivity index (χ0n) is 11.4. The third kappa shape index (κ3) is 3.31. The van der Waals surface area contributed by atoms with E-state index in [4.69, 9.17) is 10.6 Å². The summed E-state index contributed by atoms with van der Waals surface area (Å²) in [4.78, 5) is 0. The lowest BCUT2D eigenvalue weighted by Gasteiger charge is -2.27. The van der Waals surface area contributed by atoms with E-state index in [0.717, 1.165) is 19.4 Å². The molecule has 1 aliphatic heterocycles. The van der Waals surface area contributed by atoms with E-state index in [1.165, 1.54) is 29.5 Å². The summed E-state index contributed by atoms with van der Waals surface area (Å²) in [5.41, 5.74) is 6.83. The van der Waals surface area contributed by atoms with Crippen LogP contribution in [0.2, 0.25) is 0 Å². The van der Waals surface area contributed by atoms with Gasteiger partial charge in [0, 0.05) is 12.6 Å². The molecule has 0 aliphatic carbocycles. The molecule has 3 N–H and O–H groups in total. The zero-order chi connectivity index (χ0) is 13.0. The van der Waals surface area contributed by atoms with Gasteiger partial charge in [0.15, 0.2) is 0 Å². The molecule has 2 rings (SSSR count). The van der Waals surface area contributed by atoms with Crippen LogP contribution in [-0.4, -0.2) is 12.7 Å². The van der Waals surface area contributed by atoms with Crippen molar-refractivity contribution in [1.82, 2.24) is 5.43 Å². The van der Waals surface area contributed by atoms with E-state index in [1.807, 2.05) is 0 Å². The van der Waals surface area contributed by atoms with Crippen molar-refractivity contribution >= 4 is 0 Å². The van der Waals surface area contributed by atoms with Crippen molar-refractivity contribution in [3.63, 3.8) is 0 Å². The third-order valence-electron chi connectivity index (χ3n) is 3.91. The molecule has 2 unspecified atom stereocenters. The second kappa shape index (κ2) is 6.32. The number of hydrazine groups is 1. The maximum absolute atomic E-state index is 5.79. The highest BCUT2D eigenvalue weighted by Gasteiger charge is 2.20. The van der Waals surface area contributed by atoms with Crippen molar-refractivity contribution in [2.45, 2.75) is 51.7 Å². The predicted molar refractivity (Wildman–Crippen MR) is 74.2 cm³/mol. The summed E-state index contributed by atoms with van der Waals surface area (Å²) in [7, 11) is 0. The molecule has 0 bridgehead atoms. The summed E-state index contributed by atoms with van der Waals surface area (Å²) in [6.45, 7) is 5.17. The first-order chi connectivity index (χ1) is 8.70. The standard InChI is InChI=1S/C15H24N2O/c1-11-6-7-13(9-12(11)2)15(17-16)10-14-5-3-4-8-18-14/h6-7,9,14-15,17H,3-5,8,10,16H2,1-2H3. The average molecular weight is 248 g/mol. The third-order valence-corrected chi connectivity index (χ3v) is 3.91. The Morgan fingerprint density at radius 2 is 2.17 bits per heavy atom. The van der Waals surface area contributed by atoms with Crippen molar-refractivity contribution in [3.05, 3.63) is 34.9 Å². The van der Waals surface area contributed by atoms with Gasteiger partial charge < -0.3 is 4.74 Å². The van der Waals surface area contributed by atoms with E-state index < -0.39 is 0 Å². The molecular weight excluding hydrogens is 224 g/mol. The van der Waals surface area contributed by atoms with Gasteiger partial charge in [0.05, 0.1) is 6.10 Å². The number of nitrogens with two attached hydrogens (primary N) is 1. The second-order valence-electron chi connectivity index (χ2n) is 5.29. The minimum absolute atomic E-state index is 0.187. The summed E-state index contributed by atoms with van der Waals surface area (Å²) in [5, 5.41) is 0. The molecule has 0 saturated carbocycles. The number of ether oxygens (including phenoxy) is 1. The molecule has 1 heterocycles. The molecule has 1 aromatic rings. The van der Waals surface area contributed by atoms with E-state index in [0.29, 0.717) is 6.10 Å². The maximum Gasteiger partial charge on any atom is 0.0593 e. The summed E-state index contributed by atoms with van der Waals surface area (Å²) >= 11 is 0.